The molecule has 7 nitrogen and oxygen atoms in total. The topological polar surface area (TPSA) is 101 Å². The minimum atomic E-state index is -1.04. The number of aliphatic carboxylic acids is 1. The van der Waals surface area contributed by atoms with Crippen LogP contribution in [-0.2, 0) is 16.1 Å². The van der Waals surface area contributed by atoms with Gasteiger partial charge in [-0.05, 0) is 30.2 Å². The number of aromatic nitrogens is 2. The number of rotatable bonds is 5. The maximum atomic E-state index is 12.1. The summed E-state index contributed by atoms with van der Waals surface area (Å²) in [7, 11) is 0. The van der Waals surface area contributed by atoms with Crippen LogP contribution in [0.5, 0.6) is 0 Å². The van der Waals surface area contributed by atoms with Gasteiger partial charge in [-0.1, -0.05) is 0 Å². The van der Waals surface area contributed by atoms with Gasteiger partial charge in [-0.2, -0.15) is 0 Å². The third-order valence-corrected chi connectivity index (χ3v) is 4.26. The van der Waals surface area contributed by atoms with Crippen LogP contribution < -0.4 is 10.9 Å². The van der Waals surface area contributed by atoms with Crippen LogP contribution >= 0.6 is 11.3 Å². The third-order valence-electron chi connectivity index (χ3n) is 3.44. The fourth-order valence-electron chi connectivity index (χ4n) is 2.19. The third kappa shape index (κ3) is 2.80. The van der Waals surface area contributed by atoms with Crippen LogP contribution in [0.3, 0.4) is 0 Å². The van der Waals surface area contributed by atoms with Crippen molar-refractivity contribution in [1.82, 2.24) is 14.9 Å². The lowest BCUT2D eigenvalue weighted by molar-refractivity contribution is -0.142. The van der Waals surface area contributed by atoms with Crippen molar-refractivity contribution in [3.8, 4) is 0 Å². The highest BCUT2D eigenvalue weighted by molar-refractivity contribution is 7.16. The summed E-state index contributed by atoms with van der Waals surface area (Å²) < 4.78 is 1.19. The molecule has 0 aromatic carbocycles. The van der Waals surface area contributed by atoms with Crippen LogP contribution in [0.4, 0.5) is 0 Å². The van der Waals surface area contributed by atoms with E-state index in [1.54, 1.807) is 11.4 Å². The van der Waals surface area contributed by atoms with Crippen LogP contribution in [0.2, 0.25) is 0 Å². The molecule has 1 aliphatic carbocycles. The van der Waals surface area contributed by atoms with Gasteiger partial charge in [0.15, 0.2) is 0 Å². The predicted octanol–water partition coefficient (Wildman–Crippen LogP) is 0.437. The minimum absolute atomic E-state index is 0.000603. The van der Waals surface area contributed by atoms with Crippen molar-refractivity contribution in [3.63, 3.8) is 0 Å². The molecule has 1 unspecified atom stereocenters. The van der Waals surface area contributed by atoms with Crippen molar-refractivity contribution in [2.45, 2.75) is 25.4 Å². The highest BCUT2D eigenvalue weighted by atomic mass is 32.1. The fraction of sp³-hybridized carbons (Fsp3) is 0.385. The first-order valence-electron chi connectivity index (χ1n) is 6.51. The van der Waals surface area contributed by atoms with Gasteiger partial charge < -0.3 is 10.4 Å². The average molecular weight is 307 g/mol. The Morgan fingerprint density at radius 3 is 2.95 bits per heavy atom. The summed E-state index contributed by atoms with van der Waals surface area (Å²) in [5, 5.41) is 13.8. The van der Waals surface area contributed by atoms with Crippen LogP contribution in [0.1, 0.15) is 12.8 Å². The van der Waals surface area contributed by atoms with Crippen molar-refractivity contribution >= 4 is 33.4 Å². The molecule has 110 valence electrons. The highest BCUT2D eigenvalue weighted by Gasteiger charge is 2.37. The van der Waals surface area contributed by atoms with Crippen LogP contribution in [0.15, 0.2) is 22.6 Å². The average Bonchev–Trinajstić information content (AvgIpc) is 3.16. The first kappa shape index (κ1) is 13.7. The molecule has 1 amide bonds. The summed E-state index contributed by atoms with van der Waals surface area (Å²) in [5.41, 5.74) is -0.297. The quantitative estimate of drug-likeness (QED) is 0.834. The van der Waals surface area contributed by atoms with Gasteiger partial charge in [-0.3, -0.25) is 14.2 Å². The predicted molar refractivity (Wildman–Crippen MR) is 76.2 cm³/mol. The van der Waals surface area contributed by atoms with Gasteiger partial charge in [0, 0.05) is 0 Å². The van der Waals surface area contributed by atoms with Crippen molar-refractivity contribution in [1.29, 1.82) is 0 Å². The molecule has 0 spiro atoms. The molecule has 2 N–H and O–H groups in total. The zero-order valence-corrected chi connectivity index (χ0v) is 11.8. The Bertz CT molecular complexity index is 762. The molecule has 0 bridgehead atoms. The second-order valence-electron chi connectivity index (χ2n) is 5.04. The number of carbonyl (C=O) groups excluding carboxylic acids is 1. The first-order valence-corrected chi connectivity index (χ1v) is 7.39. The molecule has 1 fully saturated rings. The molecule has 2 aromatic heterocycles. The molecule has 0 aliphatic heterocycles. The molecular formula is C13H13N3O4S. The Morgan fingerprint density at radius 2 is 2.29 bits per heavy atom. The van der Waals surface area contributed by atoms with Crippen LogP contribution in [0, 0.1) is 5.92 Å². The number of amides is 1. The zero-order chi connectivity index (χ0) is 15.0. The standard InChI is InChI=1S/C13H13N3O4S/c17-9(15-10(13(19)20)7-1-2-7)5-16-6-14-11-8(12(16)18)3-4-21-11/h3-4,6-7,10H,1-2,5H2,(H,15,17)(H,19,20). The van der Waals surface area contributed by atoms with E-state index in [1.165, 1.54) is 22.2 Å². The van der Waals surface area contributed by atoms with E-state index in [1.807, 2.05) is 0 Å². The number of carboxylic acid groups (broad SMARTS) is 1. The monoisotopic (exact) mass is 307 g/mol. The molecular weight excluding hydrogens is 294 g/mol. The van der Waals surface area contributed by atoms with E-state index in [0.29, 0.717) is 10.2 Å². The van der Waals surface area contributed by atoms with E-state index in [9.17, 15) is 14.4 Å². The summed E-state index contributed by atoms with van der Waals surface area (Å²) in [5.74, 6) is -1.53. The molecule has 8 heteroatoms. The van der Waals surface area contributed by atoms with Gasteiger partial charge in [0.1, 0.15) is 17.4 Å². The van der Waals surface area contributed by atoms with Crippen molar-refractivity contribution < 1.29 is 14.7 Å². The highest BCUT2D eigenvalue weighted by Crippen LogP contribution is 2.32. The molecule has 2 heterocycles. The van der Waals surface area contributed by atoms with E-state index in [0.717, 1.165) is 12.8 Å². The van der Waals surface area contributed by atoms with Crippen molar-refractivity contribution in [2.24, 2.45) is 5.92 Å². The molecule has 0 radical (unpaired) electrons. The summed E-state index contributed by atoms with van der Waals surface area (Å²) in [4.78, 5) is 39.9. The number of hydrogen-bond acceptors (Lipinski definition) is 5. The lowest BCUT2D eigenvalue weighted by Crippen LogP contribution is -2.44. The van der Waals surface area contributed by atoms with E-state index >= 15 is 0 Å². The Labute approximate surface area is 123 Å². The maximum absolute atomic E-state index is 12.1. The van der Waals surface area contributed by atoms with E-state index in [2.05, 4.69) is 10.3 Å². The zero-order valence-electron chi connectivity index (χ0n) is 11.0. The normalized spacial score (nSPS) is 15.8. The number of thiophene rings is 1. The molecule has 3 rings (SSSR count). The lowest BCUT2D eigenvalue weighted by Gasteiger charge is -2.14. The molecule has 1 aliphatic rings. The molecule has 1 saturated carbocycles. The van der Waals surface area contributed by atoms with E-state index in [-0.39, 0.29) is 18.0 Å². The van der Waals surface area contributed by atoms with Gasteiger partial charge in [0.2, 0.25) is 5.91 Å². The lowest BCUT2D eigenvalue weighted by atomic mass is 10.2. The smallest absolute Gasteiger partial charge is 0.326 e. The van der Waals surface area contributed by atoms with Crippen LogP contribution in [-0.4, -0.2) is 32.6 Å². The number of carboxylic acids is 1. The summed E-state index contributed by atoms with van der Waals surface area (Å²) >= 11 is 1.35. The second-order valence-corrected chi connectivity index (χ2v) is 5.93. The van der Waals surface area contributed by atoms with E-state index < -0.39 is 17.9 Å². The van der Waals surface area contributed by atoms with Gasteiger partial charge in [0.25, 0.3) is 5.56 Å². The van der Waals surface area contributed by atoms with Gasteiger partial charge in [-0.25, -0.2) is 9.78 Å². The Kier molecular flexibility index (Phi) is 3.46. The van der Waals surface area contributed by atoms with E-state index in [4.69, 9.17) is 5.11 Å². The Balaban J connectivity index is 1.75. The summed E-state index contributed by atoms with van der Waals surface area (Å²) in [6.45, 7) is -0.228. The SMILES string of the molecule is O=C(Cn1cnc2sccc2c1=O)NC(C(=O)O)C1CC1. The van der Waals surface area contributed by atoms with Crippen molar-refractivity contribution in [3.05, 3.63) is 28.1 Å². The molecule has 2 aromatic rings. The van der Waals surface area contributed by atoms with Gasteiger partial charge in [-0.15, -0.1) is 11.3 Å². The minimum Gasteiger partial charge on any atom is -0.480 e. The molecule has 1 atom stereocenters. The number of nitrogens with zero attached hydrogens (tertiary/aromatic N) is 2. The second kappa shape index (κ2) is 5.28. The largest absolute Gasteiger partial charge is 0.480 e. The molecule has 21 heavy (non-hydrogen) atoms. The van der Waals surface area contributed by atoms with Gasteiger partial charge >= 0.3 is 5.97 Å². The summed E-state index contributed by atoms with van der Waals surface area (Å²) in [6.07, 6.45) is 2.92. The van der Waals surface area contributed by atoms with Crippen molar-refractivity contribution in [2.75, 3.05) is 0 Å². The molecule has 0 saturated heterocycles. The number of fused-ring (bicyclic) bond motifs is 1. The number of nitrogens with one attached hydrogen (secondary N) is 1. The Morgan fingerprint density at radius 1 is 1.52 bits per heavy atom. The van der Waals surface area contributed by atoms with Crippen LogP contribution in [0.25, 0.3) is 10.2 Å². The Hall–Kier alpha value is -2.22. The number of hydrogen-bond donors (Lipinski definition) is 2. The van der Waals surface area contributed by atoms with Gasteiger partial charge in [0.05, 0.1) is 11.7 Å². The first-order chi connectivity index (χ1) is 10.1. The summed E-state index contributed by atoms with van der Waals surface area (Å²) in [6, 6.07) is 0.791. The fourth-order valence-corrected chi connectivity index (χ4v) is 2.91. The maximum Gasteiger partial charge on any atom is 0.326 e. The number of carbonyl (C=O) groups is 2.